The highest BCUT2D eigenvalue weighted by atomic mass is 19.1. The van der Waals surface area contributed by atoms with Crippen LogP contribution in [0.1, 0.15) is 22.5 Å². The van der Waals surface area contributed by atoms with Crippen molar-refractivity contribution in [3.8, 4) is 17.0 Å². The first-order chi connectivity index (χ1) is 16.6. The van der Waals surface area contributed by atoms with Crippen LogP contribution in [0.25, 0.3) is 11.3 Å². The summed E-state index contributed by atoms with van der Waals surface area (Å²) in [4.78, 5) is 17.2. The van der Waals surface area contributed by atoms with Crippen molar-refractivity contribution in [2.75, 3.05) is 51.0 Å². The highest BCUT2D eigenvalue weighted by molar-refractivity contribution is 6.00. The Morgan fingerprint density at radius 3 is 2.65 bits per heavy atom. The molecule has 7 nitrogen and oxygen atoms in total. The van der Waals surface area contributed by atoms with Crippen LogP contribution in [-0.4, -0.2) is 62.1 Å². The van der Waals surface area contributed by atoms with Gasteiger partial charge in [-0.25, -0.2) is 8.78 Å². The zero-order valence-electron chi connectivity index (χ0n) is 19.1. The van der Waals surface area contributed by atoms with Crippen LogP contribution < -0.4 is 15.0 Å². The first kappa shape index (κ1) is 23.7. The van der Waals surface area contributed by atoms with Gasteiger partial charge in [-0.1, -0.05) is 35.5 Å². The normalized spacial score (nSPS) is 14.3. The Morgan fingerprint density at radius 2 is 1.91 bits per heavy atom. The van der Waals surface area contributed by atoms with Gasteiger partial charge in [0.15, 0.2) is 0 Å². The van der Waals surface area contributed by atoms with Gasteiger partial charge in [0.2, 0.25) is 6.86 Å². The van der Waals surface area contributed by atoms with E-state index >= 15 is 0 Å². The summed E-state index contributed by atoms with van der Waals surface area (Å²) in [6.45, 7) is 5.17. The van der Waals surface area contributed by atoms with Crippen LogP contribution in [0.3, 0.4) is 0 Å². The van der Waals surface area contributed by atoms with Gasteiger partial charge < -0.3 is 19.5 Å². The van der Waals surface area contributed by atoms with Gasteiger partial charge in [0.05, 0.1) is 5.69 Å². The zero-order chi connectivity index (χ0) is 23.9. The minimum atomic E-state index is -0.997. The fraction of sp³-hybridized carbons (Fsp3) is 0.360. The van der Waals surface area contributed by atoms with Crippen LogP contribution in [0, 0.1) is 12.7 Å². The third-order valence-electron chi connectivity index (χ3n) is 5.92. The molecular formula is C25H28F2N4O3. The van der Waals surface area contributed by atoms with Crippen molar-refractivity contribution in [3.05, 3.63) is 65.7 Å². The van der Waals surface area contributed by atoms with E-state index in [-0.39, 0.29) is 11.7 Å². The first-order valence-corrected chi connectivity index (χ1v) is 11.3. The molecule has 1 fully saturated rings. The lowest BCUT2D eigenvalue weighted by molar-refractivity contribution is 0.0950. The van der Waals surface area contributed by atoms with Crippen molar-refractivity contribution < 1.29 is 22.8 Å². The number of carbonyl (C=O) groups is 1. The number of ether oxygens (including phenoxy) is 1. The average Bonchev–Trinajstić information content (AvgIpc) is 3.24. The molecule has 1 saturated heterocycles. The predicted octanol–water partition coefficient (Wildman–Crippen LogP) is 4.04. The minimum Gasteiger partial charge on any atom is -0.461 e. The van der Waals surface area contributed by atoms with Gasteiger partial charge in [0.25, 0.3) is 5.91 Å². The van der Waals surface area contributed by atoms with E-state index < -0.39 is 12.7 Å². The van der Waals surface area contributed by atoms with Crippen molar-refractivity contribution in [1.29, 1.82) is 0 Å². The number of carbonyl (C=O) groups excluding carboxylic acids is 1. The number of nitrogens with zero attached hydrogens (tertiary/aromatic N) is 3. The molecule has 1 aliphatic rings. The maximum atomic E-state index is 13.5. The molecule has 0 radical (unpaired) electrons. The fourth-order valence-electron chi connectivity index (χ4n) is 4.16. The largest absolute Gasteiger partial charge is 0.461 e. The molecule has 0 saturated carbocycles. The number of alkyl halides is 1. The van der Waals surface area contributed by atoms with Crippen molar-refractivity contribution in [2.24, 2.45) is 0 Å². The second-order valence-electron chi connectivity index (χ2n) is 8.13. The molecule has 2 heterocycles. The number of hydrogen-bond acceptors (Lipinski definition) is 6. The van der Waals surface area contributed by atoms with E-state index in [4.69, 9.17) is 9.26 Å². The van der Waals surface area contributed by atoms with Gasteiger partial charge in [-0.05, 0) is 32.0 Å². The molecule has 0 atom stereocenters. The molecule has 1 amide bonds. The Morgan fingerprint density at radius 1 is 1.15 bits per heavy atom. The van der Waals surface area contributed by atoms with Gasteiger partial charge in [-0.3, -0.25) is 9.69 Å². The minimum absolute atomic E-state index is 0.195. The number of nitrogens with one attached hydrogen (secondary N) is 1. The topological polar surface area (TPSA) is 70.8 Å². The first-order valence-electron chi connectivity index (χ1n) is 11.3. The lowest BCUT2D eigenvalue weighted by atomic mass is 10.1. The van der Waals surface area contributed by atoms with Gasteiger partial charge in [0, 0.05) is 44.4 Å². The third kappa shape index (κ3) is 5.53. The Labute approximate surface area is 197 Å². The zero-order valence-corrected chi connectivity index (χ0v) is 19.1. The molecule has 1 aliphatic heterocycles. The number of aryl methyl sites for hydroxylation is 1. The maximum absolute atomic E-state index is 13.5. The summed E-state index contributed by atoms with van der Waals surface area (Å²) < 4.78 is 36.4. The second kappa shape index (κ2) is 11.1. The average molecular weight is 471 g/mol. The van der Waals surface area contributed by atoms with Crippen molar-refractivity contribution >= 4 is 11.6 Å². The standard InChI is InChI=1S/C25H28F2N4O3/c1-18-23(24(29-34-18)19-6-3-2-4-7-19)25(32)28-10-5-11-30-12-14-31(15-13-30)21-9-8-20(27)16-22(21)33-17-26/h2-4,6-9,16H,5,10-15,17H2,1H3,(H,28,32). The van der Waals surface area contributed by atoms with Crippen LogP contribution in [0.4, 0.5) is 14.5 Å². The van der Waals surface area contributed by atoms with E-state index in [0.717, 1.165) is 44.7 Å². The van der Waals surface area contributed by atoms with Crippen molar-refractivity contribution in [1.82, 2.24) is 15.4 Å². The molecule has 0 unspecified atom stereocenters. The highest BCUT2D eigenvalue weighted by Crippen LogP contribution is 2.30. The Balaban J connectivity index is 1.24. The maximum Gasteiger partial charge on any atom is 0.257 e. The number of amides is 1. The van der Waals surface area contributed by atoms with Gasteiger partial charge in [0.1, 0.15) is 28.6 Å². The highest BCUT2D eigenvalue weighted by Gasteiger charge is 2.22. The van der Waals surface area contributed by atoms with Crippen molar-refractivity contribution in [2.45, 2.75) is 13.3 Å². The third-order valence-corrected chi connectivity index (χ3v) is 5.92. The smallest absolute Gasteiger partial charge is 0.257 e. The Hall–Kier alpha value is -3.46. The quantitative estimate of drug-likeness (QED) is 0.476. The van der Waals surface area contributed by atoms with Crippen molar-refractivity contribution in [3.63, 3.8) is 0 Å². The summed E-state index contributed by atoms with van der Waals surface area (Å²) >= 11 is 0. The summed E-state index contributed by atoms with van der Waals surface area (Å²) in [5, 5.41) is 7.04. The number of aromatic nitrogens is 1. The van der Waals surface area contributed by atoms with Crippen LogP contribution in [-0.2, 0) is 0 Å². The molecule has 9 heteroatoms. The number of hydrogen-bond donors (Lipinski definition) is 1. The molecule has 180 valence electrons. The molecule has 0 spiro atoms. The molecule has 3 aromatic rings. The number of benzene rings is 2. The van der Waals surface area contributed by atoms with Gasteiger partial charge >= 0.3 is 0 Å². The van der Waals surface area contributed by atoms with E-state index in [1.807, 2.05) is 30.3 Å². The van der Waals surface area contributed by atoms with Crippen LogP contribution >= 0.6 is 0 Å². The second-order valence-corrected chi connectivity index (χ2v) is 8.13. The molecule has 4 rings (SSSR count). The Bertz CT molecular complexity index is 1100. The summed E-state index contributed by atoms with van der Waals surface area (Å²) in [7, 11) is 0. The molecule has 1 aromatic heterocycles. The molecule has 2 aromatic carbocycles. The van der Waals surface area contributed by atoms with Crippen LogP contribution in [0.5, 0.6) is 5.75 Å². The van der Waals surface area contributed by atoms with Crippen LogP contribution in [0.15, 0.2) is 53.1 Å². The molecule has 0 bridgehead atoms. The van der Waals surface area contributed by atoms with E-state index in [0.29, 0.717) is 29.2 Å². The van der Waals surface area contributed by atoms with Gasteiger partial charge in [-0.2, -0.15) is 0 Å². The van der Waals surface area contributed by atoms with E-state index in [2.05, 4.69) is 20.3 Å². The molecule has 34 heavy (non-hydrogen) atoms. The van der Waals surface area contributed by atoms with Crippen LogP contribution in [0.2, 0.25) is 0 Å². The number of anilines is 1. The number of rotatable bonds is 9. The summed E-state index contributed by atoms with van der Waals surface area (Å²) in [6.07, 6.45) is 0.795. The monoisotopic (exact) mass is 470 g/mol. The summed E-state index contributed by atoms with van der Waals surface area (Å²) in [5.74, 6) is 0.0613. The number of piperazine rings is 1. The predicted molar refractivity (Wildman–Crippen MR) is 125 cm³/mol. The lowest BCUT2D eigenvalue weighted by Crippen LogP contribution is -2.47. The van der Waals surface area contributed by atoms with E-state index in [9.17, 15) is 13.6 Å². The summed E-state index contributed by atoms with van der Waals surface area (Å²) in [6, 6.07) is 13.7. The number of halogens is 2. The van der Waals surface area contributed by atoms with Gasteiger partial charge in [-0.15, -0.1) is 0 Å². The molecular weight excluding hydrogens is 442 g/mol. The molecule has 1 N–H and O–H groups in total. The lowest BCUT2D eigenvalue weighted by Gasteiger charge is -2.36. The van der Waals surface area contributed by atoms with E-state index in [1.165, 1.54) is 12.1 Å². The summed E-state index contributed by atoms with van der Waals surface area (Å²) in [5.41, 5.74) is 2.54. The Kier molecular flexibility index (Phi) is 7.74. The molecule has 0 aliphatic carbocycles. The SMILES string of the molecule is Cc1onc(-c2ccccc2)c1C(=O)NCCCN1CCN(c2ccc(F)cc2OCF)CC1. The van der Waals surface area contributed by atoms with E-state index in [1.54, 1.807) is 13.0 Å². The fourth-order valence-corrected chi connectivity index (χ4v) is 4.16.